The van der Waals surface area contributed by atoms with Crippen LogP contribution in [0.1, 0.15) is 19.8 Å². The summed E-state index contributed by atoms with van der Waals surface area (Å²) in [5, 5.41) is 3.06. The lowest BCUT2D eigenvalue weighted by atomic mass is 9.96. The van der Waals surface area contributed by atoms with E-state index in [2.05, 4.69) is 40.1 Å². The van der Waals surface area contributed by atoms with Crippen LogP contribution in [-0.2, 0) is 9.53 Å². The molecule has 0 bridgehead atoms. The van der Waals surface area contributed by atoms with Gasteiger partial charge in [0.15, 0.2) is 0 Å². The monoisotopic (exact) mass is 341 g/mol. The van der Waals surface area contributed by atoms with Crippen LogP contribution in [0, 0.1) is 18.3 Å². The highest BCUT2D eigenvalue weighted by Crippen LogP contribution is 2.23. The zero-order chi connectivity index (χ0) is 17.6. The first kappa shape index (κ1) is 17.8. The number of rotatable bonds is 4. The molecule has 0 saturated carbocycles. The van der Waals surface area contributed by atoms with Gasteiger partial charge in [0.1, 0.15) is 0 Å². The molecule has 2 fully saturated rings. The summed E-state index contributed by atoms with van der Waals surface area (Å²) < 4.78 is 5.49. The van der Waals surface area contributed by atoms with E-state index in [9.17, 15) is 4.79 Å². The third-order valence-electron chi connectivity index (χ3n) is 5.11. The fraction of sp³-hybridized carbons (Fsp3) is 0.550. The van der Waals surface area contributed by atoms with Gasteiger partial charge in [0.05, 0.1) is 19.8 Å². The van der Waals surface area contributed by atoms with Gasteiger partial charge in [0, 0.05) is 29.9 Å². The summed E-state index contributed by atoms with van der Waals surface area (Å²) in [4.78, 5) is 17.0. The van der Waals surface area contributed by atoms with Gasteiger partial charge in [-0.25, -0.2) is 0 Å². The molecular weight excluding hydrogens is 314 g/mol. The van der Waals surface area contributed by atoms with E-state index in [1.54, 1.807) is 0 Å². The van der Waals surface area contributed by atoms with E-state index in [-0.39, 0.29) is 11.8 Å². The van der Waals surface area contributed by atoms with Crippen LogP contribution in [0.15, 0.2) is 24.3 Å². The van der Waals surface area contributed by atoms with Gasteiger partial charge in [-0.2, -0.15) is 0 Å². The van der Waals surface area contributed by atoms with Gasteiger partial charge >= 0.3 is 0 Å². The van der Waals surface area contributed by atoms with Crippen molar-refractivity contribution in [2.75, 3.05) is 49.6 Å². The number of piperidine rings is 1. The fourth-order valence-corrected chi connectivity index (χ4v) is 3.57. The Morgan fingerprint density at radius 2 is 2.00 bits per heavy atom. The Morgan fingerprint density at radius 1 is 1.28 bits per heavy atom. The number of carbonyl (C=O) groups excluding carboxylic acids is 1. The Labute approximate surface area is 150 Å². The van der Waals surface area contributed by atoms with Crippen molar-refractivity contribution in [2.24, 2.45) is 5.92 Å². The minimum absolute atomic E-state index is 0.0768. The second-order valence-electron chi connectivity index (χ2n) is 6.91. The molecular formula is C20H27N3O2. The molecule has 1 atom stereocenters. The van der Waals surface area contributed by atoms with Gasteiger partial charge in [-0.3, -0.25) is 9.69 Å². The molecule has 5 nitrogen and oxygen atoms in total. The van der Waals surface area contributed by atoms with Crippen LogP contribution in [0.2, 0.25) is 0 Å². The molecule has 1 N–H and O–H groups in total. The van der Waals surface area contributed by atoms with Gasteiger partial charge in [0.25, 0.3) is 0 Å². The summed E-state index contributed by atoms with van der Waals surface area (Å²) in [5.74, 6) is 2.87. The molecule has 1 aromatic rings. The largest absolute Gasteiger partial charge is 0.377 e. The lowest BCUT2D eigenvalue weighted by molar-refractivity contribution is -0.121. The van der Waals surface area contributed by atoms with Crippen LogP contribution in [0.4, 0.5) is 11.4 Å². The highest BCUT2D eigenvalue weighted by molar-refractivity contribution is 5.92. The maximum Gasteiger partial charge on any atom is 0.227 e. The van der Waals surface area contributed by atoms with E-state index in [1.807, 2.05) is 12.1 Å². The summed E-state index contributed by atoms with van der Waals surface area (Å²) in [6, 6.07) is 8.51. The molecule has 2 saturated heterocycles. The van der Waals surface area contributed by atoms with E-state index >= 15 is 0 Å². The van der Waals surface area contributed by atoms with Crippen molar-refractivity contribution in [2.45, 2.75) is 25.8 Å². The molecule has 3 rings (SSSR count). The predicted molar refractivity (Wildman–Crippen MR) is 101 cm³/mol. The van der Waals surface area contributed by atoms with E-state index < -0.39 is 0 Å². The first-order chi connectivity index (χ1) is 12.2. The Bertz CT molecular complexity index is 615. The van der Waals surface area contributed by atoms with Crippen LogP contribution < -0.4 is 10.2 Å². The molecule has 5 heteroatoms. The standard InChI is InChI=1S/C20H27N3O2/c1-3-10-22-11-8-17(9-12-22)20(24)21-18-4-6-19(7-5-18)23-13-14-25-15-16(23)2/h1,4-7,16-17H,8-15H2,2H3,(H,21,24). The van der Waals surface area contributed by atoms with E-state index in [0.29, 0.717) is 12.6 Å². The molecule has 1 unspecified atom stereocenters. The number of nitrogens with one attached hydrogen (secondary N) is 1. The van der Waals surface area contributed by atoms with E-state index in [4.69, 9.17) is 11.2 Å². The van der Waals surface area contributed by atoms with Crippen molar-refractivity contribution in [1.29, 1.82) is 0 Å². The molecule has 0 aromatic heterocycles. The molecule has 1 aromatic carbocycles. The van der Waals surface area contributed by atoms with Crippen LogP contribution in [-0.4, -0.2) is 56.2 Å². The third-order valence-corrected chi connectivity index (χ3v) is 5.11. The van der Waals surface area contributed by atoms with Crippen molar-refractivity contribution < 1.29 is 9.53 Å². The number of amides is 1. The number of morpholine rings is 1. The van der Waals surface area contributed by atoms with Gasteiger partial charge in [-0.15, -0.1) is 6.42 Å². The average Bonchev–Trinajstić information content (AvgIpc) is 2.64. The van der Waals surface area contributed by atoms with E-state index in [0.717, 1.165) is 51.4 Å². The molecule has 2 aliphatic rings. The minimum Gasteiger partial charge on any atom is -0.377 e. The number of hydrogen-bond acceptors (Lipinski definition) is 4. The number of hydrogen-bond donors (Lipinski definition) is 1. The number of likely N-dealkylation sites (tertiary alicyclic amines) is 1. The third kappa shape index (κ3) is 4.53. The van der Waals surface area contributed by atoms with Crippen molar-refractivity contribution in [3.63, 3.8) is 0 Å². The van der Waals surface area contributed by atoms with Crippen molar-refractivity contribution in [1.82, 2.24) is 4.90 Å². The minimum atomic E-state index is 0.0768. The summed E-state index contributed by atoms with van der Waals surface area (Å²) >= 11 is 0. The van der Waals surface area contributed by atoms with Crippen molar-refractivity contribution in [3.8, 4) is 12.3 Å². The summed E-state index contributed by atoms with van der Waals surface area (Å²) in [6.07, 6.45) is 7.09. The molecule has 1 amide bonds. The molecule has 25 heavy (non-hydrogen) atoms. The van der Waals surface area contributed by atoms with Gasteiger partial charge in [-0.1, -0.05) is 5.92 Å². The highest BCUT2D eigenvalue weighted by atomic mass is 16.5. The number of terminal acetylenes is 1. The quantitative estimate of drug-likeness (QED) is 0.853. The number of nitrogens with zero attached hydrogens (tertiary/aromatic N) is 2. The average molecular weight is 341 g/mol. The van der Waals surface area contributed by atoms with Crippen LogP contribution in [0.3, 0.4) is 0 Å². The number of anilines is 2. The Kier molecular flexibility index (Phi) is 5.95. The highest BCUT2D eigenvalue weighted by Gasteiger charge is 2.24. The normalized spacial score (nSPS) is 22.4. The molecule has 2 aliphatic heterocycles. The lowest BCUT2D eigenvalue weighted by Crippen LogP contribution is -2.43. The van der Waals surface area contributed by atoms with Crippen LogP contribution in [0.5, 0.6) is 0 Å². The van der Waals surface area contributed by atoms with Crippen molar-refractivity contribution >= 4 is 17.3 Å². The molecule has 0 radical (unpaired) electrons. The van der Waals surface area contributed by atoms with Crippen LogP contribution in [0.25, 0.3) is 0 Å². The summed E-state index contributed by atoms with van der Waals surface area (Å²) in [5.41, 5.74) is 2.04. The zero-order valence-corrected chi connectivity index (χ0v) is 14.9. The van der Waals surface area contributed by atoms with Gasteiger partial charge < -0.3 is 15.0 Å². The molecule has 134 valence electrons. The maximum atomic E-state index is 12.5. The second-order valence-corrected chi connectivity index (χ2v) is 6.91. The Hall–Kier alpha value is -2.03. The second kappa shape index (κ2) is 8.37. The lowest BCUT2D eigenvalue weighted by Gasteiger charge is -2.35. The van der Waals surface area contributed by atoms with Crippen LogP contribution >= 0.6 is 0 Å². The molecule has 0 spiro atoms. The SMILES string of the molecule is C#CCN1CCC(C(=O)Nc2ccc(N3CCOCC3C)cc2)CC1. The van der Waals surface area contributed by atoms with Gasteiger partial charge in [-0.05, 0) is 57.1 Å². The van der Waals surface area contributed by atoms with Gasteiger partial charge in [0.2, 0.25) is 5.91 Å². The number of benzene rings is 1. The topological polar surface area (TPSA) is 44.8 Å². The number of carbonyl (C=O) groups is 1. The van der Waals surface area contributed by atoms with Crippen molar-refractivity contribution in [3.05, 3.63) is 24.3 Å². The zero-order valence-electron chi connectivity index (χ0n) is 14.9. The smallest absolute Gasteiger partial charge is 0.227 e. The molecule has 2 heterocycles. The summed E-state index contributed by atoms with van der Waals surface area (Å²) in [6.45, 7) is 7.07. The maximum absolute atomic E-state index is 12.5. The first-order valence-electron chi connectivity index (χ1n) is 9.08. The fourth-order valence-electron chi connectivity index (χ4n) is 3.57. The summed E-state index contributed by atoms with van der Waals surface area (Å²) in [7, 11) is 0. The Morgan fingerprint density at radius 3 is 2.64 bits per heavy atom. The molecule has 0 aliphatic carbocycles. The number of ether oxygens (including phenoxy) is 1. The predicted octanol–water partition coefficient (Wildman–Crippen LogP) is 2.20. The Balaban J connectivity index is 1.53. The first-order valence-corrected chi connectivity index (χ1v) is 9.08. The van der Waals surface area contributed by atoms with E-state index in [1.165, 1.54) is 5.69 Å².